The number of amides is 1. The largest absolute Gasteiger partial charge is 0.504 e. The van der Waals surface area contributed by atoms with Gasteiger partial charge < -0.3 is 14.3 Å². The van der Waals surface area contributed by atoms with Crippen LogP contribution in [0.4, 0.5) is 5.13 Å². The minimum atomic E-state index is -0.796. The van der Waals surface area contributed by atoms with Gasteiger partial charge in [-0.2, -0.15) is 0 Å². The summed E-state index contributed by atoms with van der Waals surface area (Å²) < 4.78 is 11.5. The number of carbonyl (C=O) groups is 1. The fourth-order valence-electron chi connectivity index (χ4n) is 3.89. The van der Waals surface area contributed by atoms with Crippen LogP contribution >= 0.6 is 11.3 Å². The summed E-state index contributed by atoms with van der Waals surface area (Å²) in [6.07, 6.45) is 0.673. The molecule has 1 N–H and O–H groups in total. The molecule has 4 aromatic rings. The first-order chi connectivity index (χ1) is 15.5. The third-order valence-corrected chi connectivity index (χ3v) is 6.41. The third kappa shape index (κ3) is 3.04. The summed E-state index contributed by atoms with van der Waals surface area (Å²) in [5.41, 5.74) is 0.885. The first kappa shape index (κ1) is 20.2. The molecule has 0 saturated heterocycles. The Morgan fingerprint density at radius 1 is 1.16 bits per heavy atom. The van der Waals surface area contributed by atoms with Crippen molar-refractivity contribution in [2.75, 3.05) is 11.5 Å². The van der Waals surface area contributed by atoms with E-state index in [2.05, 4.69) is 10.2 Å². The van der Waals surface area contributed by atoms with Crippen molar-refractivity contribution in [2.45, 2.75) is 26.3 Å². The zero-order valence-electron chi connectivity index (χ0n) is 17.4. The van der Waals surface area contributed by atoms with Gasteiger partial charge in [0.25, 0.3) is 5.91 Å². The zero-order valence-corrected chi connectivity index (χ0v) is 18.2. The highest BCUT2D eigenvalue weighted by Crippen LogP contribution is 2.43. The van der Waals surface area contributed by atoms with E-state index < -0.39 is 11.9 Å². The number of hydrogen-bond donors (Lipinski definition) is 1. The lowest BCUT2D eigenvalue weighted by Crippen LogP contribution is -2.29. The van der Waals surface area contributed by atoms with Gasteiger partial charge in [0.2, 0.25) is 10.9 Å². The van der Waals surface area contributed by atoms with Gasteiger partial charge in [-0.25, -0.2) is 0 Å². The summed E-state index contributed by atoms with van der Waals surface area (Å²) in [7, 11) is 0. The van der Waals surface area contributed by atoms with Gasteiger partial charge >= 0.3 is 0 Å². The molecule has 2 aromatic carbocycles. The van der Waals surface area contributed by atoms with E-state index in [4.69, 9.17) is 9.15 Å². The minimum absolute atomic E-state index is 0.0158. The summed E-state index contributed by atoms with van der Waals surface area (Å²) in [5, 5.41) is 20.0. The van der Waals surface area contributed by atoms with Crippen molar-refractivity contribution in [1.82, 2.24) is 10.2 Å². The molecule has 8 nitrogen and oxygen atoms in total. The second-order valence-electron chi connectivity index (χ2n) is 7.24. The number of ether oxygens (including phenoxy) is 1. The van der Waals surface area contributed by atoms with Crippen LogP contribution in [-0.2, 0) is 6.42 Å². The first-order valence-electron chi connectivity index (χ1n) is 10.2. The molecule has 0 bridgehead atoms. The van der Waals surface area contributed by atoms with E-state index in [1.807, 2.05) is 6.92 Å². The lowest BCUT2D eigenvalue weighted by molar-refractivity contribution is 0.0970. The molecule has 162 valence electrons. The van der Waals surface area contributed by atoms with Crippen LogP contribution in [0.15, 0.2) is 51.7 Å². The summed E-state index contributed by atoms with van der Waals surface area (Å²) in [5.74, 6) is -0.236. The van der Waals surface area contributed by atoms with Gasteiger partial charge in [-0.1, -0.05) is 36.5 Å². The molecule has 0 saturated carbocycles. The normalized spacial score (nSPS) is 15.4. The van der Waals surface area contributed by atoms with Crippen molar-refractivity contribution in [1.29, 1.82) is 0 Å². The number of anilines is 1. The molecule has 0 spiro atoms. The van der Waals surface area contributed by atoms with Crippen LogP contribution in [0.3, 0.4) is 0 Å². The van der Waals surface area contributed by atoms with Crippen LogP contribution in [0.5, 0.6) is 11.5 Å². The molecule has 1 atom stereocenters. The Morgan fingerprint density at radius 3 is 2.72 bits per heavy atom. The van der Waals surface area contributed by atoms with E-state index in [-0.39, 0.29) is 28.3 Å². The first-order valence-corrected chi connectivity index (χ1v) is 11.0. The number of fused-ring (bicyclic) bond motifs is 2. The minimum Gasteiger partial charge on any atom is -0.504 e. The molecule has 0 aliphatic carbocycles. The lowest BCUT2D eigenvalue weighted by atomic mass is 9.98. The van der Waals surface area contributed by atoms with E-state index in [0.717, 1.165) is 5.01 Å². The van der Waals surface area contributed by atoms with Crippen molar-refractivity contribution in [2.24, 2.45) is 0 Å². The van der Waals surface area contributed by atoms with Gasteiger partial charge in [-0.15, -0.1) is 10.2 Å². The van der Waals surface area contributed by atoms with Gasteiger partial charge in [0.1, 0.15) is 10.6 Å². The highest BCUT2D eigenvalue weighted by molar-refractivity contribution is 7.15. The molecular formula is C23H19N3O5S. The van der Waals surface area contributed by atoms with Gasteiger partial charge in [-0.3, -0.25) is 14.5 Å². The molecular weight excluding hydrogens is 430 g/mol. The molecule has 5 rings (SSSR count). The highest BCUT2D eigenvalue weighted by atomic mass is 32.1. The Kier molecular flexibility index (Phi) is 4.90. The van der Waals surface area contributed by atoms with Gasteiger partial charge in [0, 0.05) is 0 Å². The highest BCUT2D eigenvalue weighted by Gasteiger charge is 2.45. The van der Waals surface area contributed by atoms with Crippen LogP contribution in [0, 0.1) is 0 Å². The van der Waals surface area contributed by atoms with Gasteiger partial charge in [0.15, 0.2) is 16.9 Å². The summed E-state index contributed by atoms with van der Waals surface area (Å²) >= 11 is 1.29. The standard InChI is InChI=1S/C23H19N3O5S/c1-3-17-24-25-23(32-17)26-19(12-9-10-14(27)16(11-12)30-4-2)18-20(28)13-7-5-6-8-15(13)31-21(18)22(26)29/h5-11,19,27H,3-4H2,1-2H3. The van der Waals surface area contributed by atoms with E-state index in [9.17, 15) is 14.7 Å². The Morgan fingerprint density at radius 2 is 1.97 bits per heavy atom. The Labute approximate surface area is 186 Å². The second kappa shape index (κ2) is 7.76. The number of rotatable bonds is 5. The maximum absolute atomic E-state index is 13.5. The van der Waals surface area contributed by atoms with Crippen molar-refractivity contribution in [3.8, 4) is 11.5 Å². The Balaban J connectivity index is 1.78. The van der Waals surface area contributed by atoms with E-state index in [1.165, 1.54) is 22.3 Å². The molecule has 2 aromatic heterocycles. The Bertz CT molecular complexity index is 1410. The number of para-hydroxylation sites is 1. The zero-order chi connectivity index (χ0) is 22.4. The SMILES string of the molecule is CCOc1cc(C2c3c(oc4ccccc4c3=O)C(=O)N2c2nnc(CC)s2)ccc1O. The number of aryl methyl sites for hydroxylation is 1. The molecule has 0 radical (unpaired) electrons. The van der Waals surface area contributed by atoms with Gasteiger partial charge in [-0.05, 0) is 43.2 Å². The monoisotopic (exact) mass is 449 g/mol. The number of benzene rings is 2. The van der Waals surface area contributed by atoms with Crippen LogP contribution in [0.2, 0.25) is 0 Å². The predicted octanol–water partition coefficient (Wildman–Crippen LogP) is 4.06. The molecule has 1 aliphatic rings. The topological polar surface area (TPSA) is 106 Å². The molecule has 3 heterocycles. The average molecular weight is 449 g/mol. The summed E-state index contributed by atoms with van der Waals surface area (Å²) in [6.45, 7) is 4.11. The van der Waals surface area contributed by atoms with Crippen LogP contribution < -0.4 is 15.1 Å². The maximum Gasteiger partial charge on any atom is 0.297 e. The van der Waals surface area contributed by atoms with Gasteiger partial charge in [0.05, 0.1) is 23.6 Å². The van der Waals surface area contributed by atoms with E-state index in [1.54, 1.807) is 43.3 Å². The van der Waals surface area contributed by atoms with Crippen LogP contribution in [-0.4, -0.2) is 27.8 Å². The van der Waals surface area contributed by atoms with Crippen LogP contribution in [0.25, 0.3) is 11.0 Å². The quantitative estimate of drug-likeness (QED) is 0.490. The maximum atomic E-state index is 13.5. The lowest BCUT2D eigenvalue weighted by Gasteiger charge is -2.22. The van der Waals surface area contributed by atoms with E-state index >= 15 is 0 Å². The number of aromatic hydroxyl groups is 1. The smallest absolute Gasteiger partial charge is 0.297 e. The second-order valence-corrected chi connectivity index (χ2v) is 8.28. The molecule has 0 fully saturated rings. The van der Waals surface area contributed by atoms with Crippen molar-refractivity contribution in [3.05, 3.63) is 74.6 Å². The number of aromatic nitrogens is 2. The molecule has 32 heavy (non-hydrogen) atoms. The molecule has 9 heteroatoms. The van der Waals surface area contributed by atoms with Crippen LogP contribution in [0.1, 0.15) is 46.6 Å². The number of phenols is 1. The molecule has 1 unspecified atom stereocenters. The number of carbonyl (C=O) groups excluding carboxylic acids is 1. The average Bonchev–Trinajstić information content (AvgIpc) is 3.38. The molecule has 1 amide bonds. The fourth-order valence-corrected chi connectivity index (χ4v) is 4.69. The summed E-state index contributed by atoms with van der Waals surface area (Å²) in [6, 6.07) is 10.8. The van der Waals surface area contributed by atoms with Crippen molar-refractivity contribution in [3.63, 3.8) is 0 Å². The number of phenolic OH excluding ortho intramolecular Hbond substituents is 1. The molecule has 1 aliphatic heterocycles. The summed E-state index contributed by atoms with van der Waals surface area (Å²) in [4.78, 5) is 28.5. The van der Waals surface area contributed by atoms with E-state index in [0.29, 0.717) is 34.7 Å². The number of hydrogen-bond acceptors (Lipinski definition) is 8. The van der Waals surface area contributed by atoms with Crippen molar-refractivity contribution < 1.29 is 19.1 Å². The van der Waals surface area contributed by atoms with Crippen molar-refractivity contribution >= 4 is 33.3 Å². The fraction of sp³-hybridized carbons (Fsp3) is 0.217. The Hall–Kier alpha value is -3.72. The number of nitrogens with zero attached hydrogens (tertiary/aromatic N) is 3. The third-order valence-electron chi connectivity index (χ3n) is 5.34. The predicted molar refractivity (Wildman–Crippen MR) is 120 cm³/mol.